The van der Waals surface area contributed by atoms with Crippen LogP contribution in [-0.2, 0) is 6.42 Å². The van der Waals surface area contributed by atoms with Gasteiger partial charge in [-0.1, -0.05) is 26.2 Å². The van der Waals surface area contributed by atoms with Crippen molar-refractivity contribution < 1.29 is 57.5 Å². The molecule has 1 nitrogen and oxygen atoms in total. The molecular formula is C21H28Br2F12OS2. The van der Waals surface area contributed by atoms with Crippen molar-refractivity contribution in [3.05, 3.63) is 30.8 Å². The lowest BCUT2D eigenvalue weighted by Gasteiger charge is -1.98. The number of halogens is 14. The summed E-state index contributed by atoms with van der Waals surface area (Å²) < 4.78 is 121. The lowest BCUT2D eigenvalue weighted by molar-refractivity contribution is -0.237. The zero-order valence-electron chi connectivity index (χ0n) is 20.8. The summed E-state index contributed by atoms with van der Waals surface area (Å²) in [6.07, 6.45) is 0.384. The van der Waals surface area contributed by atoms with Gasteiger partial charge in [0, 0.05) is 4.88 Å². The van der Waals surface area contributed by atoms with E-state index in [1.165, 1.54) is 36.2 Å². The fraction of sp³-hybridized carbons (Fsp3) is 0.571. The van der Waals surface area contributed by atoms with Crippen LogP contribution in [0.15, 0.2) is 19.7 Å². The van der Waals surface area contributed by atoms with Gasteiger partial charge in [0.15, 0.2) is 0 Å². The first kappa shape index (κ1) is 47.0. The van der Waals surface area contributed by atoms with E-state index in [2.05, 4.69) is 44.8 Å². The molecule has 0 aromatic carbocycles. The van der Waals surface area contributed by atoms with Gasteiger partial charge in [0.05, 0.1) is 46.7 Å². The first-order chi connectivity index (χ1) is 17.8. The Kier molecular flexibility index (Phi) is 38.0. The van der Waals surface area contributed by atoms with Gasteiger partial charge in [-0.3, -0.25) is 22.4 Å². The predicted molar refractivity (Wildman–Crippen MR) is 139 cm³/mol. The van der Waals surface area contributed by atoms with Gasteiger partial charge in [-0.15, -0.1) is 40.2 Å². The highest BCUT2D eigenvalue weighted by atomic mass is 79.9. The van der Waals surface area contributed by atoms with Gasteiger partial charge in [-0.05, 0) is 62.4 Å². The third-order valence-corrected chi connectivity index (χ3v) is 6.97. The minimum atomic E-state index is -5.50. The third-order valence-electron chi connectivity index (χ3n) is 3.19. The van der Waals surface area contributed by atoms with Gasteiger partial charge in [-0.2, -0.15) is 17.6 Å². The molecule has 17 heteroatoms. The normalized spacial score (nSPS) is 9.26. The smallest absolute Gasteiger partial charge is 0.255 e. The summed E-state index contributed by atoms with van der Waals surface area (Å²) >= 11 is 9.87. The molecule has 0 unspecified atom stereocenters. The zero-order chi connectivity index (χ0) is 31.5. The Hall–Kier alpha value is -0.810. The molecule has 0 saturated heterocycles. The average molecular weight is 748 g/mol. The molecule has 0 aliphatic rings. The summed E-state index contributed by atoms with van der Waals surface area (Å²) in [5.41, 5.74) is 1.39. The molecule has 38 heavy (non-hydrogen) atoms. The number of carbonyl (C=O) groups excluding carboxylic acids is 1. The fourth-order valence-electron chi connectivity index (χ4n) is 2.12. The van der Waals surface area contributed by atoms with Gasteiger partial charge in [-0.25, -0.2) is 0 Å². The summed E-state index contributed by atoms with van der Waals surface area (Å²) in [6.45, 7) is -1.47. The molecule has 0 amide bonds. The van der Waals surface area contributed by atoms with Gasteiger partial charge in [0.1, 0.15) is 0 Å². The van der Waals surface area contributed by atoms with Crippen LogP contribution in [0.4, 0.5) is 52.7 Å². The number of aryl methyl sites for hydroxylation is 1. The van der Waals surface area contributed by atoms with Crippen molar-refractivity contribution in [2.45, 2.75) is 52.1 Å². The molecule has 0 bridgehead atoms. The van der Waals surface area contributed by atoms with E-state index in [9.17, 15) is 57.5 Å². The molecule has 2 heterocycles. The summed E-state index contributed by atoms with van der Waals surface area (Å²) in [5, 5.41) is 0. The Morgan fingerprint density at radius 1 is 0.842 bits per heavy atom. The van der Waals surface area contributed by atoms with Crippen LogP contribution in [0.25, 0.3) is 9.75 Å². The lowest BCUT2D eigenvalue weighted by Crippen LogP contribution is -1.92. The number of thiophene rings is 2. The molecule has 2 rings (SSSR count). The van der Waals surface area contributed by atoms with Gasteiger partial charge < -0.3 is 0 Å². The van der Waals surface area contributed by atoms with E-state index >= 15 is 0 Å². The monoisotopic (exact) mass is 746 g/mol. The Bertz CT molecular complexity index is 776. The second kappa shape index (κ2) is 30.7. The average Bonchev–Trinajstić information content (AvgIpc) is 3.43. The first-order valence-electron chi connectivity index (χ1n) is 9.73. The molecular weight excluding hydrogens is 720 g/mol. The maximum absolute atomic E-state index is 13.1. The molecule has 0 N–H and O–H groups in total. The van der Waals surface area contributed by atoms with Crippen molar-refractivity contribution in [1.29, 1.82) is 0 Å². The molecule has 0 atom stereocenters. The van der Waals surface area contributed by atoms with Crippen LogP contribution in [-0.4, -0.2) is 47.9 Å². The Labute approximate surface area is 238 Å². The van der Waals surface area contributed by atoms with Crippen molar-refractivity contribution in [3.63, 3.8) is 0 Å². The van der Waals surface area contributed by atoms with Crippen LogP contribution < -0.4 is 0 Å². The van der Waals surface area contributed by atoms with E-state index < -0.39 is 19.1 Å². The van der Waals surface area contributed by atoms with Crippen molar-refractivity contribution in [1.82, 2.24) is 0 Å². The molecule has 0 saturated carbocycles. The molecule has 0 radical (unpaired) electrons. The highest BCUT2D eigenvalue weighted by Gasteiger charge is 2.24. The number of rotatable bonds is 7. The highest BCUT2D eigenvalue weighted by Crippen LogP contribution is 2.42. The number of hydrogen-bond donors (Lipinski definition) is 0. The van der Waals surface area contributed by atoms with E-state index in [0.717, 1.165) is 25.3 Å². The molecule has 0 aliphatic carbocycles. The molecule has 228 valence electrons. The predicted octanol–water partition coefficient (Wildman–Crippen LogP) is 12.2. The minimum absolute atomic E-state index is 0.151. The maximum atomic E-state index is 13.1. The lowest BCUT2D eigenvalue weighted by atomic mass is 10.1. The quantitative estimate of drug-likeness (QED) is 0.157. The van der Waals surface area contributed by atoms with Gasteiger partial charge in [0.25, 0.3) is 0 Å². The van der Waals surface area contributed by atoms with Crippen LogP contribution in [0.2, 0.25) is 0 Å². The van der Waals surface area contributed by atoms with Crippen LogP contribution in [0.3, 0.4) is 0 Å². The zero-order valence-corrected chi connectivity index (χ0v) is 25.6. The summed E-state index contributed by atoms with van der Waals surface area (Å²) in [4.78, 5) is 12.8. The number of alkyl halides is 11. The Morgan fingerprint density at radius 3 is 1.63 bits per heavy atom. The molecule has 0 fully saturated rings. The van der Waals surface area contributed by atoms with E-state index in [1.807, 2.05) is 0 Å². The summed E-state index contributed by atoms with van der Waals surface area (Å²) in [5.74, 6) is 0. The van der Waals surface area contributed by atoms with E-state index in [1.54, 1.807) is 17.4 Å². The van der Waals surface area contributed by atoms with Gasteiger partial charge in [0.2, 0.25) is 0 Å². The second-order valence-corrected chi connectivity index (χ2v) is 10.3. The Balaban J connectivity index is -0.000000178. The fourth-order valence-corrected chi connectivity index (χ4v) is 5.59. The van der Waals surface area contributed by atoms with Crippen molar-refractivity contribution >= 4 is 60.6 Å². The third kappa shape index (κ3) is 29.7. The second-order valence-electron chi connectivity index (χ2n) is 5.46. The molecule has 2 aromatic heterocycles. The van der Waals surface area contributed by atoms with Crippen molar-refractivity contribution in [3.8, 4) is 9.75 Å². The summed E-state index contributed by atoms with van der Waals surface area (Å²) in [6, 6.07) is 2.25. The number of unbranched alkanes of at least 4 members (excludes halogenated alkanes) is 3. The van der Waals surface area contributed by atoms with Crippen molar-refractivity contribution in [2.75, 3.05) is 28.7 Å². The van der Waals surface area contributed by atoms with E-state index in [-0.39, 0.29) is 5.56 Å². The SMILES string of the molecule is CCCCCCc1cc(-c2sc(Br)cc2C(=O)F)sc1Br.CF.CF.CF.CF.FC(F)(F)F.FC(F)F. The van der Waals surface area contributed by atoms with Gasteiger partial charge >= 0.3 is 19.1 Å². The van der Waals surface area contributed by atoms with Crippen LogP contribution in [0.5, 0.6) is 0 Å². The minimum Gasteiger partial charge on any atom is -0.255 e. The maximum Gasteiger partial charge on any atom is 0.559 e. The topological polar surface area (TPSA) is 17.1 Å². The first-order valence-corrected chi connectivity index (χ1v) is 12.9. The highest BCUT2D eigenvalue weighted by molar-refractivity contribution is 9.11. The van der Waals surface area contributed by atoms with Crippen LogP contribution in [0, 0.1) is 0 Å². The number of carbonyl (C=O) groups is 1. The van der Waals surface area contributed by atoms with Crippen molar-refractivity contribution in [2.24, 2.45) is 0 Å². The van der Waals surface area contributed by atoms with Crippen LogP contribution >= 0.6 is 54.5 Å². The Morgan fingerprint density at radius 2 is 1.26 bits per heavy atom. The van der Waals surface area contributed by atoms with E-state index in [0.29, 0.717) is 33.6 Å². The summed E-state index contributed by atoms with van der Waals surface area (Å²) in [7, 11) is 2.00. The van der Waals surface area contributed by atoms with Crippen LogP contribution in [0.1, 0.15) is 48.5 Å². The molecule has 0 spiro atoms. The number of hydrogen-bond acceptors (Lipinski definition) is 3. The molecule has 0 aliphatic heterocycles. The standard InChI is InChI=1S/C15H15Br2FOS2.CF4.CHF3.4CH3F/c1-2-3-4-5-6-9-7-11(20-14(9)17)13-10(15(18)19)8-12(16)21-13;2-1(3,4)5;2-1(3)4;4*1-2/h7-8H,2-6H2,1H3;;1H;4*1H3. The molecule has 2 aromatic rings. The van der Waals surface area contributed by atoms with E-state index in [4.69, 9.17) is 0 Å². The largest absolute Gasteiger partial charge is 0.559 e.